The molecular formula is C29H23NO5. The first-order valence-electron chi connectivity index (χ1n) is 11.2. The standard InChI is InChI=1S/C29H23NO5/c1-18-15-27(33)35-25-16-21(12-13-22(18)25)34-17-26(32)30-29(20-8-3-2-4-9-20)28-23-10-6-5-7-19(23)11-14-24(28)31/h2-16,29,31H,17H2,1H3,(H,30,32). The number of aromatic hydroxyl groups is 1. The molecule has 0 aliphatic heterocycles. The normalized spacial score (nSPS) is 11.9. The van der Waals surface area contributed by atoms with Gasteiger partial charge in [0.15, 0.2) is 6.61 Å². The van der Waals surface area contributed by atoms with Crippen molar-refractivity contribution in [2.75, 3.05) is 6.61 Å². The molecule has 0 radical (unpaired) electrons. The molecule has 5 rings (SSSR count). The van der Waals surface area contributed by atoms with E-state index in [1.807, 2.05) is 67.6 Å². The van der Waals surface area contributed by atoms with Crippen LogP contribution < -0.4 is 15.7 Å². The zero-order valence-corrected chi connectivity index (χ0v) is 19.0. The quantitative estimate of drug-likeness (QED) is 0.335. The van der Waals surface area contributed by atoms with Gasteiger partial charge in [0.05, 0.1) is 6.04 Å². The van der Waals surface area contributed by atoms with E-state index in [2.05, 4.69) is 5.32 Å². The lowest BCUT2D eigenvalue weighted by Crippen LogP contribution is -2.33. The van der Waals surface area contributed by atoms with Crippen molar-refractivity contribution in [3.8, 4) is 11.5 Å². The number of benzene rings is 4. The van der Waals surface area contributed by atoms with Crippen LogP contribution in [0.15, 0.2) is 100 Å². The first kappa shape index (κ1) is 22.2. The number of aryl methyl sites for hydroxylation is 1. The fourth-order valence-electron chi connectivity index (χ4n) is 4.30. The van der Waals surface area contributed by atoms with Crippen molar-refractivity contribution < 1.29 is 19.1 Å². The molecule has 0 fully saturated rings. The van der Waals surface area contributed by atoms with Gasteiger partial charge in [0.25, 0.3) is 5.91 Å². The van der Waals surface area contributed by atoms with E-state index in [4.69, 9.17) is 9.15 Å². The van der Waals surface area contributed by atoms with E-state index in [9.17, 15) is 14.7 Å². The molecule has 0 saturated carbocycles. The minimum Gasteiger partial charge on any atom is -0.508 e. The van der Waals surface area contributed by atoms with Crippen molar-refractivity contribution in [1.29, 1.82) is 0 Å². The molecule has 35 heavy (non-hydrogen) atoms. The molecule has 0 aliphatic rings. The zero-order chi connectivity index (χ0) is 24.4. The predicted octanol–water partition coefficient (Wildman–Crippen LogP) is 5.24. The van der Waals surface area contributed by atoms with E-state index < -0.39 is 11.7 Å². The predicted molar refractivity (Wildman–Crippen MR) is 135 cm³/mol. The van der Waals surface area contributed by atoms with Crippen molar-refractivity contribution >= 4 is 27.6 Å². The molecule has 0 spiro atoms. The third-order valence-electron chi connectivity index (χ3n) is 5.97. The van der Waals surface area contributed by atoms with Crippen LogP contribution in [0, 0.1) is 6.92 Å². The van der Waals surface area contributed by atoms with Crippen LogP contribution in [0.4, 0.5) is 0 Å². The Morgan fingerprint density at radius 3 is 2.54 bits per heavy atom. The van der Waals surface area contributed by atoms with E-state index >= 15 is 0 Å². The van der Waals surface area contributed by atoms with Gasteiger partial charge in [-0.1, -0.05) is 60.7 Å². The van der Waals surface area contributed by atoms with Gasteiger partial charge in [0.2, 0.25) is 0 Å². The molecule has 174 valence electrons. The van der Waals surface area contributed by atoms with Crippen LogP contribution in [0.1, 0.15) is 22.7 Å². The second-order valence-electron chi connectivity index (χ2n) is 8.33. The van der Waals surface area contributed by atoms with Crippen LogP contribution >= 0.6 is 0 Å². The highest BCUT2D eigenvalue weighted by molar-refractivity contribution is 5.90. The first-order valence-corrected chi connectivity index (χ1v) is 11.2. The number of fused-ring (bicyclic) bond motifs is 2. The van der Waals surface area contributed by atoms with Crippen LogP contribution in [0.2, 0.25) is 0 Å². The van der Waals surface area contributed by atoms with E-state index in [0.717, 1.165) is 27.3 Å². The SMILES string of the molecule is Cc1cc(=O)oc2cc(OCC(=O)NC(c3ccccc3)c3c(O)ccc4ccccc34)ccc12. The summed E-state index contributed by atoms with van der Waals surface area (Å²) in [6.45, 7) is 1.58. The van der Waals surface area contributed by atoms with Gasteiger partial charge in [0.1, 0.15) is 17.1 Å². The maximum absolute atomic E-state index is 13.0. The fourth-order valence-corrected chi connectivity index (χ4v) is 4.30. The van der Waals surface area contributed by atoms with Gasteiger partial charge in [-0.3, -0.25) is 4.79 Å². The minimum absolute atomic E-state index is 0.0960. The molecule has 0 saturated heterocycles. The molecule has 4 aromatic carbocycles. The molecule has 1 heterocycles. The largest absolute Gasteiger partial charge is 0.508 e. The molecule has 1 amide bonds. The summed E-state index contributed by atoms with van der Waals surface area (Å²) in [5, 5.41) is 16.4. The van der Waals surface area contributed by atoms with Crippen molar-refractivity contribution in [3.63, 3.8) is 0 Å². The number of nitrogens with one attached hydrogen (secondary N) is 1. The molecule has 5 aromatic rings. The number of amides is 1. The Morgan fingerprint density at radius 2 is 1.71 bits per heavy atom. The minimum atomic E-state index is -0.587. The Kier molecular flexibility index (Phi) is 5.94. The van der Waals surface area contributed by atoms with Crippen LogP contribution in [-0.2, 0) is 4.79 Å². The van der Waals surface area contributed by atoms with Crippen molar-refractivity contribution in [1.82, 2.24) is 5.32 Å². The topological polar surface area (TPSA) is 88.8 Å². The molecule has 1 atom stereocenters. The van der Waals surface area contributed by atoms with Crippen LogP contribution in [0.5, 0.6) is 11.5 Å². The molecule has 6 nitrogen and oxygen atoms in total. The highest BCUT2D eigenvalue weighted by atomic mass is 16.5. The van der Waals surface area contributed by atoms with Gasteiger partial charge in [0, 0.05) is 23.1 Å². The van der Waals surface area contributed by atoms with Gasteiger partial charge in [-0.2, -0.15) is 0 Å². The second kappa shape index (κ2) is 9.35. The van der Waals surface area contributed by atoms with E-state index in [-0.39, 0.29) is 18.3 Å². The average Bonchev–Trinajstić information content (AvgIpc) is 2.86. The highest BCUT2D eigenvalue weighted by Gasteiger charge is 2.22. The van der Waals surface area contributed by atoms with Gasteiger partial charge < -0.3 is 19.6 Å². The maximum atomic E-state index is 13.0. The lowest BCUT2D eigenvalue weighted by atomic mass is 9.92. The fraction of sp³-hybridized carbons (Fsp3) is 0.103. The van der Waals surface area contributed by atoms with Gasteiger partial charge in [-0.25, -0.2) is 4.79 Å². The number of hydrogen-bond acceptors (Lipinski definition) is 5. The van der Waals surface area contributed by atoms with Crippen LogP contribution in [0.3, 0.4) is 0 Å². The van der Waals surface area contributed by atoms with Crippen LogP contribution in [-0.4, -0.2) is 17.6 Å². The van der Waals surface area contributed by atoms with E-state index in [1.54, 1.807) is 24.3 Å². The second-order valence-corrected chi connectivity index (χ2v) is 8.33. The van der Waals surface area contributed by atoms with Crippen LogP contribution in [0.25, 0.3) is 21.7 Å². The Labute approximate surface area is 201 Å². The summed E-state index contributed by atoms with van der Waals surface area (Å²) in [5.74, 6) is 0.140. The number of phenols is 1. The Hall–Kier alpha value is -4.58. The lowest BCUT2D eigenvalue weighted by molar-refractivity contribution is -0.123. The van der Waals surface area contributed by atoms with Crippen molar-refractivity contribution in [3.05, 3.63) is 118 Å². The molecule has 6 heteroatoms. The number of rotatable bonds is 6. The average molecular weight is 466 g/mol. The third kappa shape index (κ3) is 4.59. The van der Waals surface area contributed by atoms with Gasteiger partial charge >= 0.3 is 5.63 Å². The number of carbonyl (C=O) groups excluding carboxylic acids is 1. The summed E-state index contributed by atoms with van der Waals surface area (Å²) in [7, 11) is 0. The summed E-state index contributed by atoms with van der Waals surface area (Å²) in [6.07, 6.45) is 0. The maximum Gasteiger partial charge on any atom is 0.336 e. The summed E-state index contributed by atoms with van der Waals surface area (Å²) >= 11 is 0. The molecule has 1 aromatic heterocycles. The monoisotopic (exact) mass is 465 g/mol. The molecule has 1 unspecified atom stereocenters. The number of ether oxygens (including phenoxy) is 1. The van der Waals surface area contributed by atoms with E-state index in [1.165, 1.54) is 6.07 Å². The molecule has 0 aliphatic carbocycles. The Morgan fingerprint density at radius 1 is 0.943 bits per heavy atom. The van der Waals surface area contributed by atoms with Gasteiger partial charge in [-0.05, 0) is 47.0 Å². The number of phenolic OH excluding ortho intramolecular Hbond substituents is 1. The first-order chi connectivity index (χ1) is 17.0. The number of carbonyl (C=O) groups is 1. The van der Waals surface area contributed by atoms with Crippen molar-refractivity contribution in [2.24, 2.45) is 0 Å². The highest BCUT2D eigenvalue weighted by Crippen LogP contribution is 2.35. The Bertz CT molecular complexity index is 1590. The molecule has 2 N–H and O–H groups in total. The smallest absolute Gasteiger partial charge is 0.336 e. The summed E-state index contributed by atoms with van der Waals surface area (Å²) in [5.41, 5.74) is 2.21. The summed E-state index contributed by atoms with van der Waals surface area (Å²) in [4.78, 5) is 24.7. The summed E-state index contributed by atoms with van der Waals surface area (Å²) in [6, 6.07) is 26.7. The zero-order valence-electron chi connectivity index (χ0n) is 19.0. The lowest BCUT2D eigenvalue weighted by Gasteiger charge is -2.22. The molecular weight excluding hydrogens is 442 g/mol. The molecule has 0 bridgehead atoms. The number of hydrogen-bond donors (Lipinski definition) is 2. The summed E-state index contributed by atoms with van der Waals surface area (Å²) < 4.78 is 11.0. The van der Waals surface area contributed by atoms with Crippen molar-refractivity contribution in [2.45, 2.75) is 13.0 Å². The van der Waals surface area contributed by atoms with E-state index in [0.29, 0.717) is 16.9 Å². The van der Waals surface area contributed by atoms with Gasteiger partial charge in [-0.15, -0.1) is 0 Å². The Balaban J connectivity index is 1.42. The third-order valence-corrected chi connectivity index (χ3v) is 5.97.